The number of hydrogen-bond acceptors (Lipinski definition) is 4. The van der Waals surface area contributed by atoms with Crippen molar-refractivity contribution in [3.63, 3.8) is 0 Å². The summed E-state index contributed by atoms with van der Waals surface area (Å²) in [6.45, 7) is 3.05. The Morgan fingerprint density at radius 3 is 2.74 bits per heavy atom. The zero-order valence-electron chi connectivity index (χ0n) is 13.5. The van der Waals surface area contributed by atoms with Gasteiger partial charge in [-0.3, -0.25) is 0 Å². The van der Waals surface area contributed by atoms with Crippen LogP contribution in [-0.4, -0.2) is 37.8 Å². The smallest absolute Gasteiger partial charge is 0.173 e. The van der Waals surface area contributed by atoms with Crippen LogP contribution in [0.15, 0.2) is 41.5 Å². The van der Waals surface area contributed by atoms with Crippen LogP contribution in [0, 0.1) is 12.1 Å². The molecule has 118 valence electrons. The van der Waals surface area contributed by atoms with Gasteiger partial charge in [0.2, 0.25) is 0 Å². The topological polar surface area (TPSA) is 47.9 Å². The van der Waals surface area contributed by atoms with Crippen molar-refractivity contribution in [1.82, 2.24) is 9.66 Å². The highest BCUT2D eigenvalue weighted by Gasteiger charge is 2.41. The number of hydroxylamine groups is 1. The Morgan fingerprint density at radius 1 is 1.17 bits per heavy atom. The summed E-state index contributed by atoms with van der Waals surface area (Å²) in [5.74, 6) is 1.53. The number of ether oxygens (including phenoxy) is 1. The highest BCUT2D eigenvalue weighted by atomic mass is 16.6. The van der Waals surface area contributed by atoms with E-state index in [1.165, 1.54) is 0 Å². The number of rotatable bonds is 3. The number of aryl methyl sites for hydroxylation is 1. The molecule has 0 aromatic heterocycles. The van der Waals surface area contributed by atoms with Crippen molar-refractivity contribution in [2.45, 2.75) is 6.92 Å². The van der Waals surface area contributed by atoms with Gasteiger partial charge in [0.15, 0.2) is 5.69 Å². The molecule has 0 saturated heterocycles. The zero-order valence-corrected chi connectivity index (χ0v) is 13.5. The molecule has 2 aliphatic rings. The molecule has 0 saturated carbocycles. The molecule has 0 spiro atoms. The number of benzene rings is 2. The van der Waals surface area contributed by atoms with Crippen molar-refractivity contribution < 1.29 is 4.74 Å². The minimum atomic E-state index is -0.673. The minimum Gasteiger partial charge on any atom is -0.599 e. The van der Waals surface area contributed by atoms with E-state index >= 15 is 0 Å². The van der Waals surface area contributed by atoms with Gasteiger partial charge >= 0.3 is 0 Å². The third kappa shape index (κ3) is 2.09. The lowest BCUT2D eigenvalue weighted by Crippen LogP contribution is -2.41. The van der Waals surface area contributed by atoms with Gasteiger partial charge < -0.3 is 14.8 Å². The maximum Gasteiger partial charge on any atom is 0.173 e. The Labute approximate surface area is 135 Å². The van der Waals surface area contributed by atoms with E-state index < -0.39 is 4.76 Å². The van der Waals surface area contributed by atoms with E-state index in [-0.39, 0.29) is 0 Å². The van der Waals surface area contributed by atoms with Crippen LogP contribution in [-0.2, 0) is 0 Å². The van der Waals surface area contributed by atoms with Gasteiger partial charge in [0, 0.05) is 11.6 Å². The van der Waals surface area contributed by atoms with Gasteiger partial charge in [-0.25, -0.2) is 0 Å². The lowest BCUT2D eigenvalue weighted by atomic mass is 9.95. The Balaban J connectivity index is 1.92. The van der Waals surface area contributed by atoms with Crippen LogP contribution in [0.1, 0.15) is 16.7 Å². The van der Waals surface area contributed by atoms with E-state index in [0.717, 1.165) is 33.9 Å². The molecule has 4 rings (SSSR count). The number of likely N-dealkylation sites (N-methyl/N-ethyl adjacent to an activating group) is 1. The van der Waals surface area contributed by atoms with Crippen LogP contribution in [0.5, 0.6) is 11.5 Å². The third-order valence-corrected chi connectivity index (χ3v) is 4.41. The first-order valence-corrected chi connectivity index (χ1v) is 7.75. The fourth-order valence-electron chi connectivity index (χ4n) is 3.15. The largest absolute Gasteiger partial charge is 0.599 e. The maximum atomic E-state index is 13.4. The lowest BCUT2D eigenvalue weighted by molar-refractivity contribution is 0.319. The molecule has 1 unspecified atom stereocenters. The highest BCUT2D eigenvalue weighted by Crippen LogP contribution is 2.48. The van der Waals surface area contributed by atoms with Crippen LogP contribution in [0.3, 0.4) is 0 Å². The molecule has 2 aromatic rings. The summed E-state index contributed by atoms with van der Waals surface area (Å²) in [5, 5.41) is 17.9. The third-order valence-electron chi connectivity index (χ3n) is 4.41. The number of para-hydroxylation sites is 1. The number of quaternary nitrogens is 1. The van der Waals surface area contributed by atoms with Crippen molar-refractivity contribution >= 4 is 11.4 Å². The SMILES string of the molecule is Cc1ccc2c3c1Oc1ccccc1C3=N[N+]2([O-])CCN(C)C. The second-order valence-corrected chi connectivity index (χ2v) is 6.38. The Hall–Kier alpha value is -2.21. The van der Waals surface area contributed by atoms with Gasteiger partial charge in [0.1, 0.15) is 29.3 Å². The van der Waals surface area contributed by atoms with Crippen molar-refractivity contribution in [1.29, 1.82) is 0 Å². The van der Waals surface area contributed by atoms with Gasteiger partial charge in [-0.2, -0.15) is 4.76 Å². The molecule has 0 amide bonds. The van der Waals surface area contributed by atoms with Crippen LogP contribution >= 0.6 is 0 Å². The molecule has 5 heteroatoms. The second kappa shape index (κ2) is 4.89. The number of nitrogens with zero attached hydrogens (tertiary/aromatic N) is 3. The molecule has 2 aromatic carbocycles. The van der Waals surface area contributed by atoms with Crippen molar-refractivity contribution in [3.8, 4) is 11.5 Å². The quantitative estimate of drug-likeness (QED) is 0.551. The first kappa shape index (κ1) is 14.4. The van der Waals surface area contributed by atoms with Crippen LogP contribution in [0.4, 0.5) is 5.69 Å². The second-order valence-electron chi connectivity index (χ2n) is 6.38. The lowest BCUT2D eigenvalue weighted by Gasteiger charge is -2.33. The van der Waals surface area contributed by atoms with Gasteiger partial charge in [-0.15, -0.1) is 0 Å². The maximum absolute atomic E-state index is 13.4. The Morgan fingerprint density at radius 2 is 1.96 bits per heavy atom. The fraction of sp³-hybridized carbons (Fsp3) is 0.278. The molecule has 0 aliphatic carbocycles. The van der Waals surface area contributed by atoms with Gasteiger partial charge in [-0.1, -0.05) is 17.2 Å². The highest BCUT2D eigenvalue weighted by molar-refractivity contribution is 6.22. The van der Waals surface area contributed by atoms with Gasteiger partial charge in [-0.05, 0) is 44.8 Å². The summed E-state index contributed by atoms with van der Waals surface area (Å²) < 4.78 is 5.41. The van der Waals surface area contributed by atoms with Crippen LogP contribution < -0.4 is 9.49 Å². The molecule has 0 radical (unpaired) electrons. The first-order chi connectivity index (χ1) is 11.0. The molecule has 5 nitrogen and oxygen atoms in total. The summed E-state index contributed by atoms with van der Waals surface area (Å²) >= 11 is 0. The Bertz CT molecular complexity index is 829. The molecule has 1 atom stereocenters. The van der Waals surface area contributed by atoms with E-state index in [1.54, 1.807) is 0 Å². The van der Waals surface area contributed by atoms with Crippen molar-refractivity contribution in [2.75, 3.05) is 27.2 Å². The van der Waals surface area contributed by atoms with Crippen LogP contribution in [0.25, 0.3) is 0 Å². The number of hydrogen-bond donors (Lipinski definition) is 0. The summed E-state index contributed by atoms with van der Waals surface area (Å²) in [4.78, 5) is 2.00. The molecule has 2 heterocycles. The molecular weight excluding hydrogens is 290 g/mol. The normalized spacial score (nSPS) is 20.8. The van der Waals surface area contributed by atoms with E-state index in [4.69, 9.17) is 4.74 Å². The minimum absolute atomic E-state index is 0.383. The predicted octanol–water partition coefficient (Wildman–Crippen LogP) is 3.23. The van der Waals surface area contributed by atoms with E-state index in [9.17, 15) is 5.21 Å². The van der Waals surface area contributed by atoms with Crippen molar-refractivity contribution in [3.05, 3.63) is 58.3 Å². The standard InChI is InChI=1S/C18H19N3O2/c1-12-8-9-14-16-17(19-21(14,22)11-10-20(2)3)13-6-4-5-7-15(13)23-18(12)16/h4-9H,10-11H2,1-3H3. The van der Waals surface area contributed by atoms with E-state index in [1.807, 2.05) is 62.3 Å². The van der Waals surface area contributed by atoms with E-state index in [2.05, 4.69) is 5.10 Å². The fourth-order valence-corrected chi connectivity index (χ4v) is 3.15. The monoisotopic (exact) mass is 309 g/mol. The molecule has 0 fully saturated rings. The molecule has 0 bridgehead atoms. The summed E-state index contributed by atoms with van der Waals surface area (Å²) in [6, 6.07) is 11.6. The average molecular weight is 309 g/mol. The summed E-state index contributed by atoms with van der Waals surface area (Å²) in [7, 11) is 3.93. The van der Waals surface area contributed by atoms with Crippen molar-refractivity contribution in [2.24, 2.45) is 5.10 Å². The average Bonchev–Trinajstić information content (AvgIpc) is 2.83. The zero-order chi connectivity index (χ0) is 16.2. The van der Waals surface area contributed by atoms with Crippen LogP contribution in [0.2, 0.25) is 0 Å². The summed E-state index contributed by atoms with van der Waals surface area (Å²) in [6.07, 6.45) is 0. The summed E-state index contributed by atoms with van der Waals surface area (Å²) in [5.41, 5.74) is 4.21. The predicted molar refractivity (Wildman–Crippen MR) is 91.9 cm³/mol. The van der Waals surface area contributed by atoms with Gasteiger partial charge in [0.25, 0.3) is 0 Å². The first-order valence-electron chi connectivity index (χ1n) is 7.75. The van der Waals surface area contributed by atoms with E-state index in [0.29, 0.717) is 18.8 Å². The number of fused-ring (bicyclic) bond motifs is 2. The van der Waals surface area contributed by atoms with Gasteiger partial charge in [0.05, 0.1) is 6.54 Å². The Kier molecular flexibility index (Phi) is 3.06. The molecule has 2 aliphatic heterocycles. The molecule has 23 heavy (non-hydrogen) atoms. The molecule has 0 N–H and O–H groups in total. The molecular formula is C18H19N3O2.